The van der Waals surface area contributed by atoms with Crippen LogP contribution in [0.4, 0.5) is 4.39 Å². The standard InChI is InChI=1S/C20H22FNO5/c1-13(27-19(23)11-15-6-4-5-7-16(15)21)20(24)22-12-14-8-9-17(25-2)18(10-14)26-3/h4-10,13H,11-12H2,1-3H3,(H,22,24)/t13-/m1/s1. The highest BCUT2D eigenvalue weighted by Gasteiger charge is 2.19. The van der Waals surface area contributed by atoms with Gasteiger partial charge in [0.05, 0.1) is 20.6 Å². The Hall–Kier alpha value is -3.09. The molecule has 0 saturated heterocycles. The fourth-order valence-corrected chi connectivity index (χ4v) is 2.41. The molecule has 0 spiro atoms. The molecule has 0 saturated carbocycles. The first-order chi connectivity index (χ1) is 12.9. The van der Waals surface area contributed by atoms with Crippen molar-refractivity contribution >= 4 is 11.9 Å². The van der Waals surface area contributed by atoms with Crippen molar-refractivity contribution in [1.82, 2.24) is 5.32 Å². The number of benzene rings is 2. The van der Waals surface area contributed by atoms with E-state index in [0.29, 0.717) is 11.5 Å². The molecule has 0 aliphatic rings. The summed E-state index contributed by atoms with van der Waals surface area (Å²) >= 11 is 0. The molecule has 144 valence electrons. The molecule has 1 amide bonds. The third kappa shape index (κ3) is 5.70. The van der Waals surface area contributed by atoms with Crippen molar-refractivity contribution < 1.29 is 28.2 Å². The lowest BCUT2D eigenvalue weighted by Crippen LogP contribution is -2.35. The average molecular weight is 375 g/mol. The number of esters is 1. The Morgan fingerprint density at radius 3 is 2.44 bits per heavy atom. The lowest BCUT2D eigenvalue weighted by molar-refractivity contribution is -0.154. The van der Waals surface area contributed by atoms with Crippen LogP contribution in [0.1, 0.15) is 18.1 Å². The number of methoxy groups -OCH3 is 2. The zero-order valence-electron chi connectivity index (χ0n) is 15.5. The summed E-state index contributed by atoms with van der Waals surface area (Å²) in [6, 6.07) is 11.2. The Balaban J connectivity index is 1.86. The van der Waals surface area contributed by atoms with Gasteiger partial charge >= 0.3 is 5.97 Å². The van der Waals surface area contributed by atoms with E-state index < -0.39 is 23.8 Å². The van der Waals surface area contributed by atoms with Gasteiger partial charge in [-0.1, -0.05) is 24.3 Å². The highest BCUT2D eigenvalue weighted by atomic mass is 19.1. The third-order valence-electron chi connectivity index (χ3n) is 3.88. The molecule has 0 heterocycles. The lowest BCUT2D eigenvalue weighted by Gasteiger charge is -2.14. The molecular formula is C20H22FNO5. The summed E-state index contributed by atoms with van der Waals surface area (Å²) in [6.45, 7) is 1.69. The first-order valence-electron chi connectivity index (χ1n) is 8.36. The predicted molar refractivity (Wildman–Crippen MR) is 97.1 cm³/mol. The lowest BCUT2D eigenvalue weighted by atomic mass is 10.1. The minimum atomic E-state index is -0.996. The minimum absolute atomic E-state index is 0.223. The number of nitrogens with one attached hydrogen (secondary N) is 1. The Bertz CT molecular complexity index is 809. The van der Waals surface area contributed by atoms with E-state index in [-0.39, 0.29) is 18.5 Å². The first-order valence-corrected chi connectivity index (χ1v) is 8.36. The van der Waals surface area contributed by atoms with Crippen LogP contribution in [0.5, 0.6) is 11.5 Å². The minimum Gasteiger partial charge on any atom is -0.493 e. The molecule has 0 aliphatic heterocycles. The number of hydrogen-bond donors (Lipinski definition) is 1. The van der Waals surface area contributed by atoms with E-state index in [4.69, 9.17) is 14.2 Å². The number of halogens is 1. The van der Waals surface area contributed by atoms with Crippen LogP contribution in [0.25, 0.3) is 0 Å². The number of rotatable bonds is 8. The van der Waals surface area contributed by atoms with Crippen LogP contribution in [0, 0.1) is 5.82 Å². The normalized spacial score (nSPS) is 11.4. The summed E-state index contributed by atoms with van der Waals surface area (Å²) in [4.78, 5) is 24.0. The van der Waals surface area contributed by atoms with E-state index in [9.17, 15) is 14.0 Å². The Morgan fingerprint density at radius 1 is 1.07 bits per heavy atom. The Morgan fingerprint density at radius 2 is 1.78 bits per heavy atom. The molecule has 2 aromatic rings. The van der Waals surface area contributed by atoms with Gasteiger partial charge in [-0.2, -0.15) is 0 Å². The predicted octanol–water partition coefficient (Wildman–Crippen LogP) is 2.63. The summed E-state index contributed by atoms with van der Waals surface area (Å²) in [5.74, 6) is -0.475. The van der Waals surface area contributed by atoms with Gasteiger partial charge in [0.25, 0.3) is 5.91 Å². The SMILES string of the molecule is COc1ccc(CNC(=O)[C@@H](C)OC(=O)Cc2ccccc2F)cc1OC. The van der Waals surface area contributed by atoms with E-state index in [0.717, 1.165) is 5.56 Å². The van der Waals surface area contributed by atoms with Crippen molar-refractivity contribution in [2.24, 2.45) is 0 Å². The van der Waals surface area contributed by atoms with Crippen LogP contribution in [-0.2, 0) is 27.3 Å². The third-order valence-corrected chi connectivity index (χ3v) is 3.88. The summed E-state index contributed by atoms with van der Waals surface area (Å²) < 4.78 is 29.0. The highest BCUT2D eigenvalue weighted by molar-refractivity contribution is 5.83. The number of amides is 1. The van der Waals surface area contributed by atoms with E-state index in [2.05, 4.69) is 5.32 Å². The van der Waals surface area contributed by atoms with Gasteiger partial charge in [0, 0.05) is 6.54 Å². The van der Waals surface area contributed by atoms with Gasteiger partial charge in [-0.25, -0.2) is 4.39 Å². The van der Waals surface area contributed by atoms with Crippen molar-refractivity contribution in [1.29, 1.82) is 0 Å². The van der Waals surface area contributed by atoms with Crippen molar-refractivity contribution in [3.63, 3.8) is 0 Å². The first kappa shape index (κ1) is 20.2. The van der Waals surface area contributed by atoms with Crippen molar-refractivity contribution in [2.45, 2.75) is 26.0 Å². The van der Waals surface area contributed by atoms with Gasteiger partial charge < -0.3 is 19.5 Å². The largest absolute Gasteiger partial charge is 0.493 e. The zero-order chi connectivity index (χ0) is 19.8. The average Bonchev–Trinajstić information content (AvgIpc) is 2.67. The summed E-state index contributed by atoms with van der Waals surface area (Å²) in [5, 5.41) is 2.68. The maximum Gasteiger partial charge on any atom is 0.311 e. The second-order valence-corrected chi connectivity index (χ2v) is 5.81. The fourth-order valence-electron chi connectivity index (χ4n) is 2.41. The molecule has 2 rings (SSSR count). The van der Waals surface area contributed by atoms with Crippen LogP contribution in [0.2, 0.25) is 0 Å². The molecule has 7 heteroatoms. The highest BCUT2D eigenvalue weighted by Crippen LogP contribution is 2.27. The van der Waals surface area contributed by atoms with Gasteiger partial charge in [-0.05, 0) is 36.2 Å². The maximum absolute atomic E-state index is 13.6. The van der Waals surface area contributed by atoms with Crippen LogP contribution in [0.3, 0.4) is 0 Å². The molecule has 0 unspecified atom stereocenters. The second-order valence-electron chi connectivity index (χ2n) is 5.81. The van der Waals surface area contributed by atoms with Crippen molar-refractivity contribution in [2.75, 3.05) is 14.2 Å². The van der Waals surface area contributed by atoms with Crippen LogP contribution in [-0.4, -0.2) is 32.2 Å². The monoisotopic (exact) mass is 375 g/mol. The summed E-state index contributed by atoms with van der Waals surface area (Å²) in [6.07, 6.45) is -1.23. The summed E-state index contributed by atoms with van der Waals surface area (Å²) in [5.41, 5.74) is 1.02. The molecule has 1 atom stereocenters. The number of hydrogen-bond acceptors (Lipinski definition) is 5. The molecule has 0 bridgehead atoms. The Labute approximate surface area is 157 Å². The van der Waals surface area contributed by atoms with Gasteiger partial charge in [0.1, 0.15) is 5.82 Å². The molecule has 0 radical (unpaired) electrons. The number of carbonyl (C=O) groups is 2. The zero-order valence-corrected chi connectivity index (χ0v) is 15.5. The smallest absolute Gasteiger partial charge is 0.311 e. The van der Waals surface area contributed by atoms with E-state index in [1.807, 2.05) is 0 Å². The quantitative estimate of drug-likeness (QED) is 0.718. The van der Waals surface area contributed by atoms with Crippen molar-refractivity contribution in [3.8, 4) is 11.5 Å². The topological polar surface area (TPSA) is 73.9 Å². The number of carbonyl (C=O) groups excluding carboxylic acids is 2. The molecule has 0 aromatic heterocycles. The van der Waals surface area contributed by atoms with Gasteiger partial charge in [-0.3, -0.25) is 9.59 Å². The van der Waals surface area contributed by atoms with E-state index in [1.54, 1.807) is 24.3 Å². The van der Waals surface area contributed by atoms with Gasteiger partial charge in [0.2, 0.25) is 0 Å². The Kier molecular flexibility index (Phi) is 7.16. The molecule has 1 N–H and O–H groups in total. The molecule has 2 aromatic carbocycles. The van der Waals surface area contributed by atoms with Gasteiger partial charge in [-0.15, -0.1) is 0 Å². The summed E-state index contributed by atoms with van der Waals surface area (Å²) in [7, 11) is 3.06. The molecule has 27 heavy (non-hydrogen) atoms. The molecule has 0 fully saturated rings. The second kappa shape index (κ2) is 9.56. The van der Waals surface area contributed by atoms with E-state index >= 15 is 0 Å². The molecule has 6 nitrogen and oxygen atoms in total. The van der Waals surface area contributed by atoms with Crippen LogP contribution in [0.15, 0.2) is 42.5 Å². The van der Waals surface area contributed by atoms with Crippen molar-refractivity contribution in [3.05, 3.63) is 59.4 Å². The van der Waals surface area contributed by atoms with Crippen LogP contribution < -0.4 is 14.8 Å². The van der Waals surface area contributed by atoms with E-state index in [1.165, 1.54) is 39.3 Å². The molecule has 0 aliphatic carbocycles. The maximum atomic E-state index is 13.6. The number of ether oxygens (including phenoxy) is 3. The fraction of sp³-hybridized carbons (Fsp3) is 0.300. The van der Waals surface area contributed by atoms with Crippen LogP contribution >= 0.6 is 0 Å². The molecular weight excluding hydrogens is 353 g/mol. The van der Waals surface area contributed by atoms with Gasteiger partial charge in [0.15, 0.2) is 17.6 Å².